The number of carboxylic acid groups (broad SMARTS) is 1. The van der Waals surface area contributed by atoms with Crippen LogP contribution in [-0.2, 0) is 9.47 Å². The van der Waals surface area contributed by atoms with E-state index in [9.17, 15) is 9.59 Å². The van der Waals surface area contributed by atoms with Gasteiger partial charge in [-0.05, 0) is 18.2 Å². The van der Waals surface area contributed by atoms with Gasteiger partial charge in [0.1, 0.15) is 5.60 Å². The highest BCUT2D eigenvalue weighted by molar-refractivity contribution is 5.93. The highest BCUT2D eigenvalue weighted by Crippen LogP contribution is 2.35. The average Bonchev–Trinajstić information content (AvgIpc) is 2.76. The Morgan fingerprint density at radius 1 is 1.30 bits per heavy atom. The zero-order valence-corrected chi connectivity index (χ0v) is 10.9. The Hall–Kier alpha value is -2.08. The highest BCUT2D eigenvalue weighted by Gasteiger charge is 2.46. The van der Waals surface area contributed by atoms with Gasteiger partial charge < -0.3 is 14.6 Å². The summed E-state index contributed by atoms with van der Waals surface area (Å²) in [6.45, 7) is 1.60. The number of anilines is 1. The Balaban J connectivity index is 1.85. The van der Waals surface area contributed by atoms with E-state index < -0.39 is 17.7 Å². The van der Waals surface area contributed by atoms with Crippen LogP contribution in [0.5, 0.6) is 0 Å². The first kappa shape index (κ1) is 12.9. The van der Waals surface area contributed by atoms with Crippen molar-refractivity contribution in [2.75, 3.05) is 24.7 Å². The molecular formula is C14H15NO5. The number of hydrogen-bond donors (Lipinski definition) is 1. The van der Waals surface area contributed by atoms with Crippen molar-refractivity contribution in [1.29, 1.82) is 0 Å². The molecule has 0 saturated carbocycles. The molecule has 0 radical (unpaired) electrons. The largest absolute Gasteiger partial charge is 0.478 e. The van der Waals surface area contributed by atoms with Crippen LogP contribution in [0.4, 0.5) is 10.5 Å². The molecule has 3 rings (SSSR count). The Bertz CT molecular complexity index is 550. The molecule has 20 heavy (non-hydrogen) atoms. The summed E-state index contributed by atoms with van der Waals surface area (Å²) >= 11 is 0. The highest BCUT2D eigenvalue weighted by atomic mass is 16.6. The summed E-state index contributed by atoms with van der Waals surface area (Å²) in [5.41, 5.74) is 0.218. The molecule has 1 spiro atoms. The summed E-state index contributed by atoms with van der Waals surface area (Å²) in [6, 6.07) is 6.33. The number of hydrogen-bond acceptors (Lipinski definition) is 4. The third-order valence-corrected chi connectivity index (χ3v) is 3.78. The van der Waals surface area contributed by atoms with E-state index in [2.05, 4.69) is 0 Å². The van der Waals surface area contributed by atoms with Gasteiger partial charge in [0, 0.05) is 18.5 Å². The van der Waals surface area contributed by atoms with E-state index in [1.165, 1.54) is 17.0 Å². The molecule has 0 unspecified atom stereocenters. The average molecular weight is 277 g/mol. The molecule has 2 aliphatic heterocycles. The van der Waals surface area contributed by atoms with Crippen molar-refractivity contribution in [2.24, 2.45) is 0 Å². The van der Waals surface area contributed by atoms with E-state index in [4.69, 9.17) is 14.6 Å². The lowest BCUT2D eigenvalue weighted by molar-refractivity contribution is -0.0431. The molecule has 2 aliphatic rings. The third kappa shape index (κ3) is 2.22. The lowest BCUT2D eigenvalue weighted by Gasteiger charge is -2.30. The molecular weight excluding hydrogens is 262 g/mol. The number of carbonyl (C=O) groups is 2. The Morgan fingerprint density at radius 3 is 2.75 bits per heavy atom. The monoisotopic (exact) mass is 277 g/mol. The minimum atomic E-state index is -1.01. The van der Waals surface area contributed by atoms with Crippen molar-refractivity contribution in [3.05, 3.63) is 29.8 Å². The fourth-order valence-electron chi connectivity index (χ4n) is 2.63. The Labute approximate surface area is 115 Å². The van der Waals surface area contributed by atoms with Gasteiger partial charge in [0.2, 0.25) is 0 Å². The standard InChI is InChI=1S/C14H15NO5/c16-12(17)10-2-1-3-11(8-10)15-9-14(20-13(15)18)4-6-19-7-5-14/h1-3,8H,4-7,9H2,(H,16,17). The van der Waals surface area contributed by atoms with Crippen LogP contribution in [0.25, 0.3) is 0 Å². The number of benzene rings is 1. The number of aromatic carboxylic acids is 1. The van der Waals surface area contributed by atoms with Crippen molar-refractivity contribution >= 4 is 17.7 Å². The van der Waals surface area contributed by atoms with Crippen LogP contribution < -0.4 is 4.90 Å². The molecule has 0 aliphatic carbocycles. The van der Waals surface area contributed by atoms with Crippen molar-refractivity contribution in [2.45, 2.75) is 18.4 Å². The minimum Gasteiger partial charge on any atom is -0.478 e. The zero-order chi connectivity index (χ0) is 14.2. The van der Waals surface area contributed by atoms with E-state index in [1.54, 1.807) is 12.1 Å². The molecule has 106 valence electrons. The zero-order valence-electron chi connectivity index (χ0n) is 10.9. The minimum absolute atomic E-state index is 0.156. The molecule has 2 saturated heterocycles. The number of carboxylic acids is 1. The topological polar surface area (TPSA) is 76.1 Å². The summed E-state index contributed by atoms with van der Waals surface area (Å²) in [5, 5.41) is 9.01. The number of nitrogens with zero attached hydrogens (tertiary/aromatic N) is 1. The van der Waals surface area contributed by atoms with E-state index in [0.717, 1.165) is 0 Å². The molecule has 2 fully saturated rings. The van der Waals surface area contributed by atoms with E-state index in [0.29, 0.717) is 38.3 Å². The number of amides is 1. The smallest absolute Gasteiger partial charge is 0.415 e. The maximum absolute atomic E-state index is 12.0. The quantitative estimate of drug-likeness (QED) is 0.893. The molecule has 1 N–H and O–H groups in total. The number of carbonyl (C=O) groups excluding carboxylic acids is 1. The molecule has 1 aromatic rings. The molecule has 2 heterocycles. The van der Waals surface area contributed by atoms with Gasteiger partial charge in [-0.3, -0.25) is 4.90 Å². The van der Waals surface area contributed by atoms with Crippen molar-refractivity contribution < 1.29 is 24.2 Å². The lowest BCUT2D eigenvalue weighted by Crippen LogP contribution is -2.40. The van der Waals surface area contributed by atoms with Crippen LogP contribution in [0.2, 0.25) is 0 Å². The second-order valence-corrected chi connectivity index (χ2v) is 5.10. The normalized spacial score (nSPS) is 21.0. The van der Waals surface area contributed by atoms with Crippen molar-refractivity contribution in [3.63, 3.8) is 0 Å². The Morgan fingerprint density at radius 2 is 2.05 bits per heavy atom. The van der Waals surface area contributed by atoms with E-state index in [1.807, 2.05) is 0 Å². The van der Waals surface area contributed by atoms with Gasteiger partial charge in [-0.15, -0.1) is 0 Å². The lowest BCUT2D eigenvalue weighted by atomic mass is 9.94. The molecule has 0 bridgehead atoms. The van der Waals surface area contributed by atoms with Crippen LogP contribution in [0, 0.1) is 0 Å². The summed E-state index contributed by atoms with van der Waals surface area (Å²) in [4.78, 5) is 24.5. The van der Waals surface area contributed by atoms with Crippen LogP contribution in [-0.4, -0.2) is 42.5 Å². The maximum Gasteiger partial charge on any atom is 0.415 e. The maximum atomic E-state index is 12.0. The molecule has 6 heteroatoms. The van der Waals surface area contributed by atoms with Crippen molar-refractivity contribution in [3.8, 4) is 0 Å². The predicted octanol–water partition coefficient (Wildman–Crippen LogP) is 1.89. The SMILES string of the molecule is O=C(O)c1cccc(N2CC3(CCOCC3)OC2=O)c1. The van der Waals surface area contributed by atoms with Gasteiger partial charge in [-0.25, -0.2) is 9.59 Å². The van der Waals surface area contributed by atoms with Crippen LogP contribution in [0.3, 0.4) is 0 Å². The first-order valence-electron chi connectivity index (χ1n) is 6.51. The first-order chi connectivity index (χ1) is 9.60. The Kier molecular flexibility index (Phi) is 3.10. The number of rotatable bonds is 2. The van der Waals surface area contributed by atoms with Gasteiger partial charge in [-0.2, -0.15) is 0 Å². The van der Waals surface area contributed by atoms with Crippen molar-refractivity contribution in [1.82, 2.24) is 0 Å². The van der Waals surface area contributed by atoms with E-state index in [-0.39, 0.29) is 5.56 Å². The fraction of sp³-hybridized carbons (Fsp3) is 0.429. The van der Waals surface area contributed by atoms with Crippen LogP contribution in [0.1, 0.15) is 23.2 Å². The van der Waals surface area contributed by atoms with Gasteiger partial charge in [0.25, 0.3) is 0 Å². The molecule has 1 amide bonds. The van der Waals surface area contributed by atoms with Crippen LogP contribution in [0.15, 0.2) is 24.3 Å². The number of ether oxygens (including phenoxy) is 2. The fourth-order valence-corrected chi connectivity index (χ4v) is 2.63. The van der Waals surface area contributed by atoms with Gasteiger partial charge in [0.05, 0.1) is 25.3 Å². The second kappa shape index (κ2) is 4.79. The summed E-state index contributed by atoms with van der Waals surface area (Å²) < 4.78 is 10.8. The van der Waals surface area contributed by atoms with Crippen LogP contribution >= 0.6 is 0 Å². The predicted molar refractivity (Wildman–Crippen MR) is 70.0 cm³/mol. The van der Waals surface area contributed by atoms with Gasteiger partial charge in [-0.1, -0.05) is 6.07 Å². The summed E-state index contributed by atoms with van der Waals surface area (Å²) in [6.07, 6.45) is 0.927. The third-order valence-electron chi connectivity index (χ3n) is 3.78. The first-order valence-corrected chi connectivity index (χ1v) is 6.51. The van der Waals surface area contributed by atoms with E-state index >= 15 is 0 Å². The molecule has 1 aromatic carbocycles. The summed E-state index contributed by atoms with van der Waals surface area (Å²) in [7, 11) is 0. The summed E-state index contributed by atoms with van der Waals surface area (Å²) in [5.74, 6) is -1.01. The molecule has 0 aromatic heterocycles. The van der Waals surface area contributed by atoms with Gasteiger partial charge >= 0.3 is 12.1 Å². The van der Waals surface area contributed by atoms with Gasteiger partial charge in [0.15, 0.2) is 0 Å². The second-order valence-electron chi connectivity index (χ2n) is 5.10. The molecule has 6 nitrogen and oxygen atoms in total. The molecule has 0 atom stereocenters.